The molecule has 0 atom stereocenters. The lowest BCUT2D eigenvalue weighted by atomic mass is 9.82. The predicted molar refractivity (Wildman–Crippen MR) is 97.2 cm³/mol. The van der Waals surface area contributed by atoms with Gasteiger partial charge in [-0.25, -0.2) is 8.42 Å². The molecule has 126 valence electrons. The summed E-state index contributed by atoms with van der Waals surface area (Å²) in [6.45, 7) is 7.49. The Morgan fingerprint density at radius 3 is 2.36 bits per heavy atom. The molecule has 1 aromatic rings. The van der Waals surface area contributed by atoms with Gasteiger partial charge in [0.2, 0.25) is 5.69 Å². The van der Waals surface area contributed by atoms with Gasteiger partial charge in [0, 0.05) is 25.0 Å². The number of hydrogen-bond donors (Lipinski definition) is 1. The van der Waals surface area contributed by atoms with Gasteiger partial charge in [0.1, 0.15) is 16.7 Å². The first kappa shape index (κ1) is 21.7. The summed E-state index contributed by atoms with van der Waals surface area (Å²) in [5, 5.41) is 0. The number of halogens is 2. The zero-order valence-corrected chi connectivity index (χ0v) is 17.1. The molecule has 0 saturated carbocycles. The topological polar surface area (TPSA) is 86.2 Å². The summed E-state index contributed by atoms with van der Waals surface area (Å²) in [7, 11) is -4.42. The Bertz CT molecular complexity index is 685. The first-order valence-electron chi connectivity index (χ1n) is 6.61. The van der Waals surface area contributed by atoms with Crippen LogP contribution < -0.4 is 5.73 Å². The molecule has 0 spiro atoms. The van der Waals surface area contributed by atoms with Crippen LogP contribution in [0, 0.1) is 0 Å². The Labute approximate surface area is 152 Å². The van der Waals surface area contributed by atoms with Crippen LogP contribution in [0.2, 0.25) is 0 Å². The van der Waals surface area contributed by atoms with E-state index in [4.69, 9.17) is 5.73 Å². The lowest BCUT2D eigenvalue weighted by molar-refractivity contribution is -0.439. The molecule has 2 N–H and O–H groups in total. The first-order chi connectivity index (χ1) is 9.19. The maximum atomic E-state index is 11.2. The van der Waals surface area contributed by atoms with E-state index in [0.717, 1.165) is 29.9 Å². The summed E-state index contributed by atoms with van der Waals surface area (Å²) in [6.07, 6.45) is 0.856. The van der Waals surface area contributed by atoms with Crippen LogP contribution in [0.3, 0.4) is 0 Å². The van der Waals surface area contributed by atoms with E-state index in [1.807, 2.05) is 20.8 Å². The van der Waals surface area contributed by atoms with E-state index in [0.29, 0.717) is 6.54 Å². The minimum Gasteiger partial charge on any atom is -0.744 e. The van der Waals surface area contributed by atoms with Gasteiger partial charge in [-0.3, -0.25) is 0 Å². The molecule has 0 radical (unpaired) electrons. The van der Waals surface area contributed by atoms with E-state index < -0.39 is 10.1 Å². The van der Waals surface area contributed by atoms with Gasteiger partial charge < -0.3 is 10.3 Å². The van der Waals surface area contributed by atoms with Gasteiger partial charge in [0.05, 0.1) is 10.3 Å². The van der Waals surface area contributed by atoms with Crippen molar-refractivity contribution in [3.05, 3.63) is 23.8 Å². The number of rotatable bonds is 4. The fourth-order valence-corrected chi connectivity index (χ4v) is 3.15. The third-order valence-corrected chi connectivity index (χ3v) is 4.95. The van der Waals surface area contributed by atoms with Crippen LogP contribution in [0.4, 0.5) is 5.69 Å². The zero-order chi connectivity index (χ0) is 15.1. The Hall–Kier alpha value is -0.280. The van der Waals surface area contributed by atoms with Gasteiger partial charge in [0.15, 0.2) is 5.71 Å². The van der Waals surface area contributed by atoms with Crippen molar-refractivity contribution in [3.63, 3.8) is 0 Å². The molecular formula is C14H22Br2N2O3S. The van der Waals surface area contributed by atoms with E-state index in [2.05, 4.69) is 4.58 Å². The Morgan fingerprint density at radius 2 is 1.86 bits per heavy atom. The molecule has 0 saturated heterocycles. The largest absolute Gasteiger partial charge is 0.744 e. The lowest BCUT2D eigenvalue weighted by Crippen LogP contribution is -2.27. The molecule has 0 aliphatic carbocycles. The van der Waals surface area contributed by atoms with Crippen LogP contribution in [0.25, 0.3) is 0 Å². The van der Waals surface area contributed by atoms with Crippen molar-refractivity contribution in [3.8, 4) is 0 Å². The molecule has 2 rings (SSSR count). The average Bonchev–Trinajstić information content (AvgIpc) is 2.55. The molecule has 0 unspecified atom stereocenters. The molecular weight excluding hydrogens is 436 g/mol. The van der Waals surface area contributed by atoms with Gasteiger partial charge in [0.25, 0.3) is 0 Å². The highest BCUT2D eigenvalue weighted by atomic mass is 79.9. The molecule has 5 nitrogen and oxygen atoms in total. The van der Waals surface area contributed by atoms with Crippen LogP contribution in [0.5, 0.6) is 0 Å². The standard InChI is InChI=1S/C14H20N2O3S.2BrH/c1-10-14(2,3)12-9-11(20(17,18)19)5-6-13(12)16(10)8-4-7-15;;/h5-6,9H,4,7-8,15H2,1-3H3;2*1H. The molecule has 1 aromatic carbocycles. The zero-order valence-electron chi connectivity index (χ0n) is 12.8. The Morgan fingerprint density at radius 1 is 1.27 bits per heavy atom. The van der Waals surface area contributed by atoms with Gasteiger partial charge in [-0.05, 0) is 32.5 Å². The number of fused-ring (bicyclic) bond motifs is 1. The third-order valence-electron chi connectivity index (χ3n) is 4.12. The van der Waals surface area contributed by atoms with Gasteiger partial charge in [-0.2, -0.15) is 4.58 Å². The van der Waals surface area contributed by atoms with Gasteiger partial charge in [-0.1, -0.05) is 0 Å². The third kappa shape index (κ3) is 3.79. The van der Waals surface area contributed by atoms with Gasteiger partial charge in [-0.15, -0.1) is 34.0 Å². The van der Waals surface area contributed by atoms with E-state index in [1.54, 1.807) is 6.07 Å². The minimum absolute atomic E-state index is 0. The van der Waals surface area contributed by atoms with Crippen molar-refractivity contribution < 1.29 is 17.5 Å². The molecule has 1 aliphatic heterocycles. The number of hydrogen-bond acceptors (Lipinski definition) is 4. The predicted octanol–water partition coefficient (Wildman–Crippen LogP) is 2.49. The summed E-state index contributed by atoms with van der Waals surface area (Å²) in [4.78, 5) is -0.169. The van der Waals surface area contributed by atoms with Crippen LogP contribution in [0.15, 0.2) is 23.1 Å². The number of nitrogens with zero attached hydrogens (tertiary/aromatic N) is 1. The summed E-state index contributed by atoms with van der Waals surface area (Å²) >= 11 is 0. The monoisotopic (exact) mass is 456 g/mol. The number of nitrogens with two attached hydrogens (primary N) is 1. The Kier molecular flexibility index (Phi) is 7.43. The fraction of sp³-hybridized carbons (Fsp3) is 0.500. The second kappa shape index (κ2) is 7.53. The van der Waals surface area contributed by atoms with Crippen LogP contribution >= 0.6 is 34.0 Å². The molecule has 0 bridgehead atoms. The van der Waals surface area contributed by atoms with Crippen LogP contribution in [-0.4, -0.2) is 36.3 Å². The number of benzene rings is 1. The fourth-order valence-electron chi connectivity index (χ4n) is 2.66. The highest BCUT2D eigenvalue weighted by Crippen LogP contribution is 2.40. The van der Waals surface area contributed by atoms with Crippen molar-refractivity contribution in [2.45, 2.75) is 37.5 Å². The average molecular weight is 458 g/mol. The molecule has 0 aromatic heterocycles. The quantitative estimate of drug-likeness (QED) is 0.555. The minimum atomic E-state index is -4.42. The summed E-state index contributed by atoms with van der Waals surface area (Å²) in [5.41, 5.74) is 8.26. The van der Waals surface area contributed by atoms with Crippen molar-refractivity contribution >= 4 is 55.5 Å². The maximum Gasteiger partial charge on any atom is 0.209 e. The van der Waals surface area contributed by atoms with Crippen molar-refractivity contribution in [1.29, 1.82) is 0 Å². The van der Waals surface area contributed by atoms with E-state index in [-0.39, 0.29) is 44.3 Å². The van der Waals surface area contributed by atoms with E-state index >= 15 is 0 Å². The molecule has 8 heteroatoms. The molecule has 0 amide bonds. The summed E-state index contributed by atoms with van der Waals surface area (Å²) in [5.74, 6) is 0. The van der Waals surface area contributed by atoms with Crippen LogP contribution in [0.1, 0.15) is 32.8 Å². The lowest BCUT2D eigenvalue weighted by Gasteiger charge is -2.16. The summed E-state index contributed by atoms with van der Waals surface area (Å²) < 4.78 is 35.7. The normalized spacial score (nSPS) is 15.9. The Balaban J connectivity index is 0.00000220. The van der Waals surface area contributed by atoms with E-state index in [9.17, 15) is 13.0 Å². The second-order valence-electron chi connectivity index (χ2n) is 5.64. The van der Waals surface area contributed by atoms with Crippen molar-refractivity contribution in [1.82, 2.24) is 0 Å². The van der Waals surface area contributed by atoms with Crippen molar-refractivity contribution in [2.75, 3.05) is 13.1 Å². The second-order valence-corrected chi connectivity index (χ2v) is 7.02. The highest BCUT2D eigenvalue weighted by molar-refractivity contribution is 8.93. The summed E-state index contributed by atoms with van der Waals surface area (Å²) in [6, 6.07) is 4.60. The highest BCUT2D eigenvalue weighted by Gasteiger charge is 2.42. The molecule has 1 heterocycles. The molecule has 22 heavy (non-hydrogen) atoms. The molecule has 0 fully saturated rings. The first-order valence-corrected chi connectivity index (χ1v) is 8.02. The van der Waals surface area contributed by atoms with Crippen LogP contribution in [-0.2, 0) is 15.5 Å². The van der Waals surface area contributed by atoms with Crippen molar-refractivity contribution in [2.24, 2.45) is 5.73 Å². The van der Waals surface area contributed by atoms with Gasteiger partial charge >= 0.3 is 0 Å². The maximum absolute atomic E-state index is 11.2. The molecule has 1 aliphatic rings. The SMILES string of the molecule is Br.Br.CC1=[N+](CCCN)c2ccc(S(=O)(=O)[O-])cc2C1(C)C. The van der Waals surface area contributed by atoms with E-state index in [1.165, 1.54) is 12.1 Å². The smallest absolute Gasteiger partial charge is 0.209 e.